The molecule has 0 unspecified atom stereocenters. The van der Waals surface area contributed by atoms with Crippen molar-refractivity contribution in [2.75, 3.05) is 5.73 Å². The monoisotopic (exact) mass is 194 g/mol. The van der Waals surface area contributed by atoms with Crippen molar-refractivity contribution in [1.82, 2.24) is 10.2 Å². The van der Waals surface area contributed by atoms with Crippen LogP contribution < -0.4 is 11.5 Å². The summed E-state index contributed by atoms with van der Waals surface area (Å²) in [5.41, 5.74) is 10.5. The number of hydrogen-bond acceptors (Lipinski definition) is 3. The van der Waals surface area contributed by atoms with Crippen LogP contribution >= 0.6 is 0 Å². The Kier molecular flexibility index (Phi) is 2.90. The minimum atomic E-state index is -1.33. The average molecular weight is 194 g/mol. The molecule has 0 aliphatic heterocycles. The number of carbonyl (C=O) groups is 1. The highest BCUT2D eigenvalue weighted by atomic mass is 16.4. The number of benzene rings is 1. The second kappa shape index (κ2) is 4.13. The number of nitrogens with zero attached hydrogens (tertiary/aromatic N) is 1. The predicted octanol–water partition coefficient (Wildman–Crippen LogP) is 0.768. The zero-order valence-corrected chi connectivity index (χ0v) is 7.27. The van der Waals surface area contributed by atoms with E-state index in [1.807, 2.05) is 24.3 Å². The first-order chi connectivity index (χ1) is 6.61. The first-order valence-electron chi connectivity index (χ1n) is 3.78. The lowest BCUT2D eigenvalue weighted by atomic mass is 10.2. The van der Waals surface area contributed by atoms with Gasteiger partial charge in [0.1, 0.15) is 0 Å². The molecule has 0 radical (unpaired) electrons. The fraction of sp³-hybridized carbons (Fsp3) is 0. The van der Waals surface area contributed by atoms with E-state index in [0.717, 1.165) is 10.9 Å². The number of nitrogen functional groups attached to an aromatic ring is 1. The van der Waals surface area contributed by atoms with Gasteiger partial charge in [0.2, 0.25) is 0 Å². The molecular formula is C8H10N4O2. The summed E-state index contributed by atoms with van der Waals surface area (Å²) in [5, 5.41) is 14.8. The van der Waals surface area contributed by atoms with Crippen LogP contribution in [0.25, 0.3) is 10.9 Å². The summed E-state index contributed by atoms with van der Waals surface area (Å²) in [6.45, 7) is 0. The Morgan fingerprint density at radius 1 is 1.43 bits per heavy atom. The number of aromatic amines is 1. The lowest BCUT2D eigenvalue weighted by molar-refractivity contribution is 0.205. The van der Waals surface area contributed by atoms with Crippen LogP contribution in [-0.4, -0.2) is 21.4 Å². The Hall–Kier alpha value is -2.24. The third kappa shape index (κ3) is 2.37. The van der Waals surface area contributed by atoms with Crippen molar-refractivity contribution in [3.8, 4) is 0 Å². The highest BCUT2D eigenvalue weighted by Gasteiger charge is 1.97. The number of fused-ring (bicyclic) bond motifs is 1. The van der Waals surface area contributed by atoms with E-state index in [4.69, 9.17) is 15.6 Å². The van der Waals surface area contributed by atoms with Crippen molar-refractivity contribution in [3.63, 3.8) is 0 Å². The van der Waals surface area contributed by atoms with Gasteiger partial charge in [-0.1, -0.05) is 12.1 Å². The molecule has 1 aromatic carbocycles. The highest BCUT2D eigenvalue weighted by molar-refractivity contribution is 5.88. The number of nitrogens with two attached hydrogens (primary N) is 2. The van der Waals surface area contributed by atoms with E-state index in [1.54, 1.807) is 0 Å². The summed E-state index contributed by atoms with van der Waals surface area (Å²) in [4.78, 5) is 8.78. The Balaban J connectivity index is 0.000000213. The van der Waals surface area contributed by atoms with E-state index in [9.17, 15) is 0 Å². The maximum Gasteiger partial charge on any atom is 0.402 e. The number of amides is 1. The fourth-order valence-electron chi connectivity index (χ4n) is 0.985. The van der Waals surface area contributed by atoms with Gasteiger partial charge in [0.05, 0.1) is 5.52 Å². The number of anilines is 1. The molecule has 0 bridgehead atoms. The van der Waals surface area contributed by atoms with Gasteiger partial charge >= 0.3 is 6.09 Å². The third-order valence-electron chi connectivity index (χ3n) is 1.50. The van der Waals surface area contributed by atoms with E-state index >= 15 is 0 Å². The highest BCUT2D eigenvalue weighted by Crippen LogP contribution is 2.15. The Bertz CT molecular complexity index is 434. The van der Waals surface area contributed by atoms with Crippen LogP contribution in [0, 0.1) is 0 Å². The lowest BCUT2D eigenvalue weighted by Gasteiger charge is -1.84. The van der Waals surface area contributed by atoms with Gasteiger partial charge in [0, 0.05) is 5.39 Å². The maximum atomic E-state index is 8.78. The zero-order valence-electron chi connectivity index (χ0n) is 7.27. The Morgan fingerprint density at radius 3 is 2.57 bits per heavy atom. The van der Waals surface area contributed by atoms with Crippen LogP contribution in [0.5, 0.6) is 0 Å². The molecule has 6 nitrogen and oxygen atoms in total. The smallest absolute Gasteiger partial charge is 0.402 e. The summed E-state index contributed by atoms with van der Waals surface area (Å²) >= 11 is 0. The Labute approximate surface area is 79.5 Å². The standard InChI is InChI=1S/C7H7N3.CH3NO2/c8-7-5-3-1-2-4-6(5)9-10-7;2-1(3)4/h1-4H,(H3,8,9,10);2H2,(H,3,4). The molecule has 0 fully saturated rings. The molecule has 0 saturated carbocycles. The summed E-state index contributed by atoms with van der Waals surface area (Å²) in [7, 11) is 0. The number of primary amides is 1. The van der Waals surface area contributed by atoms with Crippen molar-refractivity contribution in [2.45, 2.75) is 0 Å². The molecule has 6 N–H and O–H groups in total. The average Bonchev–Trinajstić information content (AvgIpc) is 2.48. The van der Waals surface area contributed by atoms with Gasteiger partial charge in [-0.25, -0.2) is 4.79 Å². The third-order valence-corrected chi connectivity index (χ3v) is 1.50. The van der Waals surface area contributed by atoms with E-state index in [-0.39, 0.29) is 0 Å². The number of H-pyrrole nitrogens is 1. The minimum Gasteiger partial charge on any atom is -0.465 e. The molecule has 14 heavy (non-hydrogen) atoms. The summed E-state index contributed by atoms with van der Waals surface area (Å²) < 4.78 is 0. The predicted molar refractivity (Wildman–Crippen MR) is 52.7 cm³/mol. The topological polar surface area (TPSA) is 118 Å². The maximum absolute atomic E-state index is 8.78. The van der Waals surface area contributed by atoms with E-state index < -0.39 is 6.09 Å². The first-order valence-corrected chi connectivity index (χ1v) is 3.78. The van der Waals surface area contributed by atoms with Gasteiger partial charge < -0.3 is 16.6 Å². The summed E-state index contributed by atoms with van der Waals surface area (Å²) in [5.74, 6) is 0.565. The van der Waals surface area contributed by atoms with Crippen LogP contribution in [-0.2, 0) is 0 Å². The minimum absolute atomic E-state index is 0.565. The van der Waals surface area contributed by atoms with Crippen LogP contribution in [0.4, 0.5) is 10.6 Å². The van der Waals surface area contributed by atoms with Gasteiger partial charge in [0.25, 0.3) is 0 Å². The van der Waals surface area contributed by atoms with Crippen LogP contribution in [0.15, 0.2) is 24.3 Å². The van der Waals surface area contributed by atoms with Gasteiger partial charge in [-0.05, 0) is 12.1 Å². The number of aromatic nitrogens is 2. The molecule has 1 amide bonds. The molecule has 1 heterocycles. The van der Waals surface area contributed by atoms with Gasteiger partial charge in [-0.2, -0.15) is 5.10 Å². The molecule has 74 valence electrons. The van der Waals surface area contributed by atoms with Gasteiger partial charge in [-0.15, -0.1) is 0 Å². The number of carboxylic acid groups (broad SMARTS) is 1. The SMILES string of the molecule is NC(=O)O.Nc1n[nH]c2ccccc12. The van der Waals surface area contributed by atoms with Gasteiger partial charge in [-0.3, -0.25) is 5.10 Å². The van der Waals surface area contributed by atoms with Crippen molar-refractivity contribution in [1.29, 1.82) is 0 Å². The normalized spacial score (nSPS) is 9.14. The number of nitrogens with one attached hydrogen (secondary N) is 1. The largest absolute Gasteiger partial charge is 0.465 e. The molecule has 0 aliphatic rings. The number of hydrogen-bond donors (Lipinski definition) is 4. The van der Waals surface area contributed by atoms with Crippen molar-refractivity contribution < 1.29 is 9.90 Å². The second-order valence-electron chi connectivity index (χ2n) is 2.49. The molecule has 0 saturated heterocycles. The molecule has 6 heteroatoms. The molecule has 0 aliphatic carbocycles. The molecular weight excluding hydrogens is 184 g/mol. The quantitative estimate of drug-likeness (QED) is 0.495. The van der Waals surface area contributed by atoms with Gasteiger partial charge in [0.15, 0.2) is 5.82 Å². The lowest BCUT2D eigenvalue weighted by Crippen LogP contribution is -2.03. The molecule has 2 rings (SSSR count). The van der Waals surface area contributed by atoms with Crippen LogP contribution in [0.3, 0.4) is 0 Å². The molecule has 0 spiro atoms. The number of para-hydroxylation sites is 1. The first kappa shape index (κ1) is 9.85. The molecule has 2 aromatic rings. The molecule has 1 aromatic heterocycles. The zero-order chi connectivity index (χ0) is 10.6. The Morgan fingerprint density at radius 2 is 2.00 bits per heavy atom. The summed E-state index contributed by atoms with van der Waals surface area (Å²) in [6, 6.07) is 7.76. The summed E-state index contributed by atoms with van der Waals surface area (Å²) in [6.07, 6.45) is -1.33. The second-order valence-corrected chi connectivity index (χ2v) is 2.49. The fourth-order valence-corrected chi connectivity index (χ4v) is 0.985. The van der Waals surface area contributed by atoms with E-state index in [2.05, 4.69) is 15.9 Å². The van der Waals surface area contributed by atoms with Crippen molar-refractivity contribution in [3.05, 3.63) is 24.3 Å². The van der Waals surface area contributed by atoms with Crippen LogP contribution in [0.1, 0.15) is 0 Å². The van der Waals surface area contributed by atoms with E-state index in [0.29, 0.717) is 5.82 Å². The van der Waals surface area contributed by atoms with Crippen molar-refractivity contribution in [2.24, 2.45) is 5.73 Å². The van der Waals surface area contributed by atoms with Crippen molar-refractivity contribution >= 4 is 22.8 Å². The molecule has 0 atom stereocenters. The number of rotatable bonds is 0. The van der Waals surface area contributed by atoms with Crippen LogP contribution in [0.2, 0.25) is 0 Å². The van der Waals surface area contributed by atoms with E-state index in [1.165, 1.54) is 0 Å².